The van der Waals surface area contributed by atoms with Crippen LogP contribution in [0.2, 0.25) is 0 Å². The number of carbonyl (C=O) groups excluding carboxylic acids is 4. The second-order valence-electron chi connectivity index (χ2n) is 29.1. The van der Waals surface area contributed by atoms with Gasteiger partial charge in [0.05, 0.1) is 26.4 Å². The summed E-state index contributed by atoms with van der Waals surface area (Å²) in [6, 6.07) is 0. The summed E-state index contributed by atoms with van der Waals surface area (Å²) in [7, 11) is -9.91. The third-order valence-electron chi connectivity index (χ3n) is 18.2. The van der Waals surface area contributed by atoms with Crippen molar-refractivity contribution >= 4 is 39.5 Å². The number of aliphatic hydroxyl groups is 1. The van der Waals surface area contributed by atoms with Crippen LogP contribution < -0.4 is 0 Å². The molecule has 0 aliphatic rings. The molecule has 0 heterocycles. The van der Waals surface area contributed by atoms with Crippen LogP contribution in [-0.4, -0.2) is 96.7 Å². The van der Waals surface area contributed by atoms with E-state index >= 15 is 0 Å². The standard InChI is InChI=1S/C78H152O17P2/c1-7-9-11-13-15-17-19-21-23-25-27-29-31-33-37-43-50-56-62-77(82)94-73(66-88-75(80)60-54-48-42-36-32-30-28-26-24-22-20-18-16-14-12-10-8-2)68-92-96(84,85)90-64-72(79)65-91-97(86,87)93-69-74(67-89-76(81)61-55-49-45-39-41-47-53-59-71(5)6)95-78(83)63-57-51-44-38-34-35-40-46-52-58-70(3)4/h70-74,79H,7-69H2,1-6H3,(H,84,85)(H,86,87)/t72-,73-,74-/m1/s1. The molecule has 0 aromatic carbocycles. The molecule has 0 aromatic heterocycles. The van der Waals surface area contributed by atoms with Crippen LogP contribution in [0.1, 0.15) is 408 Å². The zero-order valence-corrected chi connectivity index (χ0v) is 65.2. The Morgan fingerprint density at radius 2 is 0.474 bits per heavy atom. The highest BCUT2D eigenvalue weighted by atomic mass is 31.2. The third kappa shape index (κ3) is 72.2. The summed E-state index contributed by atoms with van der Waals surface area (Å²) in [4.78, 5) is 72.9. The fourth-order valence-corrected chi connectivity index (χ4v) is 13.6. The van der Waals surface area contributed by atoms with E-state index in [2.05, 4.69) is 41.5 Å². The molecule has 0 aromatic rings. The van der Waals surface area contributed by atoms with E-state index in [1.165, 1.54) is 218 Å². The first-order valence-electron chi connectivity index (χ1n) is 40.5. The molecule has 5 atom stereocenters. The van der Waals surface area contributed by atoms with Gasteiger partial charge in [-0.25, -0.2) is 9.13 Å². The number of unbranched alkanes of at least 4 members (excludes halogenated alkanes) is 47. The summed E-state index contributed by atoms with van der Waals surface area (Å²) >= 11 is 0. The Balaban J connectivity index is 5.23. The number of ether oxygens (including phenoxy) is 4. The van der Waals surface area contributed by atoms with Crippen molar-refractivity contribution in [3.8, 4) is 0 Å². The first-order valence-corrected chi connectivity index (χ1v) is 43.5. The Morgan fingerprint density at radius 1 is 0.278 bits per heavy atom. The zero-order chi connectivity index (χ0) is 71.4. The molecule has 0 amide bonds. The molecule has 0 radical (unpaired) electrons. The van der Waals surface area contributed by atoms with Crippen LogP contribution in [-0.2, 0) is 65.4 Å². The van der Waals surface area contributed by atoms with Gasteiger partial charge in [-0.3, -0.25) is 37.3 Å². The van der Waals surface area contributed by atoms with E-state index in [1.54, 1.807) is 0 Å². The minimum Gasteiger partial charge on any atom is -0.462 e. The van der Waals surface area contributed by atoms with Crippen molar-refractivity contribution in [2.75, 3.05) is 39.6 Å². The van der Waals surface area contributed by atoms with Gasteiger partial charge in [0.2, 0.25) is 0 Å². The van der Waals surface area contributed by atoms with Crippen LogP contribution in [0.15, 0.2) is 0 Å². The Labute approximate surface area is 594 Å². The van der Waals surface area contributed by atoms with Crippen molar-refractivity contribution in [1.82, 2.24) is 0 Å². The summed E-state index contributed by atoms with van der Waals surface area (Å²) in [5, 5.41) is 10.6. The molecule has 0 aliphatic carbocycles. The van der Waals surface area contributed by atoms with E-state index < -0.39 is 97.5 Å². The van der Waals surface area contributed by atoms with Crippen LogP contribution in [0.5, 0.6) is 0 Å². The Hall–Kier alpha value is -1.94. The maximum Gasteiger partial charge on any atom is 0.472 e. The molecule has 97 heavy (non-hydrogen) atoms. The topological polar surface area (TPSA) is 237 Å². The SMILES string of the molecule is CCCCCCCCCCCCCCCCCCCCC(=O)O[C@H](COC(=O)CCCCCCCCCCCCCCCCCCC)COP(=O)(O)OC[C@@H](O)COP(=O)(O)OC[C@@H](COC(=O)CCCCCCCCCC(C)C)OC(=O)CCCCCCCCCCCC(C)C. The first-order chi connectivity index (χ1) is 46.9. The molecule has 0 rings (SSSR count). The van der Waals surface area contributed by atoms with Crippen LogP contribution in [0, 0.1) is 11.8 Å². The number of rotatable bonds is 77. The smallest absolute Gasteiger partial charge is 0.462 e. The third-order valence-corrected chi connectivity index (χ3v) is 20.1. The van der Waals surface area contributed by atoms with Gasteiger partial charge in [-0.15, -0.1) is 0 Å². The van der Waals surface area contributed by atoms with Gasteiger partial charge >= 0.3 is 39.5 Å². The number of carbonyl (C=O) groups is 4. The van der Waals surface area contributed by atoms with Gasteiger partial charge < -0.3 is 33.8 Å². The Kier molecular flexibility index (Phi) is 68.4. The largest absolute Gasteiger partial charge is 0.472 e. The average molecular weight is 1420 g/mol. The molecule has 0 fully saturated rings. The van der Waals surface area contributed by atoms with Gasteiger partial charge in [-0.2, -0.15) is 0 Å². The molecule has 576 valence electrons. The lowest BCUT2D eigenvalue weighted by Gasteiger charge is -2.21. The first kappa shape index (κ1) is 95.1. The number of hydrogen-bond acceptors (Lipinski definition) is 15. The van der Waals surface area contributed by atoms with Crippen LogP contribution in [0.4, 0.5) is 0 Å². The summed E-state index contributed by atoms with van der Waals surface area (Å²) < 4.78 is 68.6. The summed E-state index contributed by atoms with van der Waals surface area (Å²) in [5.41, 5.74) is 0. The summed E-state index contributed by atoms with van der Waals surface area (Å²) in [6.07, 6.45) is 58.4. The zero-order valence-electron chi connectivity index (χ0n) is 63.4. The van der Waals surface area contributed by atoms with Crippen LogP contribution in [0.25, 0.3) is 0 Å². The van der Waals surface area contributed by atoms with Crippen LogP contribution >= 0.6 is 15.6 Å². The molecule has 0 saturated carbocycles. The van der Waals surface area contributed by atoms with Gasteiger partial charge in [0.1, 0.15) is 19.3 Å². The van der Waals surface area contributed by atoms with E-state index in [-0.39, 0.29) is 25.7 Å². The van der Waals surface area contributed by atoms with Crippen molar-refractivity contribution in [1.29, 1.82) is 0 Å². The summed E-state index contributed by atoms with van der Waals surface area (Å²) in [6.45, 7) is 9.53. The number of phosphoric ester groups is 2. The number of esters is 4. The second-order valence-corrected chi connectivity index (χ2v) is 32.0. The molecule has 0 bridgehead atoms. The molecule has 17 nitrogen and oxygen atoms in total. The molecule has 0 saturated heterocycles. The Morgan fingerprint density at radius 3 is 0.701 bits per heavy atom. The second kappa shape index (κ2) is 69.8. The van der Waals surface area contributed by atoms with Gasteiger partial charge in [0.25, 0.3) is 0 Å². The molecular weight excluding hydrogens is 1270 g/mol. The van der Waals surface area contributed by atoms with E-state index in [0.29, 0.717) is 31.6 Å². The highest BCUT2D eigenvalue weighted by molar-refractivity contribution is 7.47. The monoisotopic (exact) mass is 1420 g/mol. The Bertz CT molecular complexity index is 1870. The van der Waals surface area contributed by atoms with E-state index in [0.717, 1.165) is 102 Å². The minimum atomic E-state index is -4.96. The molecule has 19 heteroatoms. The van der Waals surface area contributed by atoms with E-state index in [4.69, 9.17) is 37.0 Å². The lowest BCUT2D eigenvalue weighted by molar-refractivity contribution is -0.161. The highest BCUT2D eigenvalue weighted by Gasteiger charge is 2.30. The molecule has 2 unspecified atom stereocenters. The maximum absolute atomic E-state index is 13.1. The average Bonchev–Trinajstić information content (AvgIpc) is 2.26. The van der Waals surface area contributed by atoms with Crippen LogP contribution in [0.3, 0.4) is 0 Å². The van der Waals surface area contributed by atoms with Gasteiger partial charge in [-0.05, 0) is 37.5 Å². The molecule has 3 N–H and O–H groups in total. The van der Waals surface area contributed by atoms with Crippen molar-refractivity contribution in [3.63, 3.8) is 0 Å². The lowest BCUT2D eigenvalue weighted by atomic mass is 10.0. The predicted molar refractivity (Wildman–Crippen MR) is 395 cm³/mol. The van der Waals surface area contributed by atoms with Crippen molar-refractivity contribution in [3.05, 3.63) is 0 Å². The number of phosphoric acid groups is 2. The van der Waals surface area contributed by atoms with Gasteiger partial charge in [0, 0.05) is 25.7 Å². The lowest BCUT2D eigenvalue weighted by Crippen LogP contribution is -2.30. The maximum atomic E-state index is 13.1. The number of aliphatic hydroxyl groups excluding tert-OH is 1. The predicted octanol–water partition coefficient (Wildman–Crippen LogP) is 23.1. The minimum absolute atomic E-state index is 0.105. The van der Waals surface area contributed by atoms with Crippen molar-refractivity contribution in [2.45, 2.75) is 426 Å². The molecule has 0 aliphatic heterocycles. The van der Waals surface area contributed by atoms with E-state index in [1.807, 2.05) is 0 Å². The fraction of sp³-hybridized carbons (Fsp3) is 0.949. The normalized spacial score (nSPS) is 14.0. The quantitative estimate of drug-likeness (QED) is 0.0222. The highest BCUT2D eigenvalue weighted by Crippen LogP contribution is 2.45. The molecular formula is C78H152O17P2. The van der Waals surface area contributed by atoms with Gasteiger partial charge in [0.15, 0.2) is 12.2 Å². The van der Waals surface area contributed by atoms with Crippen molar-refractivity contribution in [2.24, 2.45) is 11.8 Å². The number of hydrogen-bond donors (Lipinski definition) is 3. The summed E-state index contributed by atoms with van der Waals surface area (Å²) in [5.74, 6) is -0.673. The van der Waals surface area contributed by atoms with E-state index in [9.17, 15) is 43.2 Å². The van der Waals surface area contributed by atoms with Crippen molar-refractivity contribution < 1.29 is 80.2 Å². The fourth-order valence-electron chi connectivity index (χ4n) is 12.0. The molecule has 0 spiro atoms. The van der Waals surface area contributed by atoms with Gasteiger partial charge in [-0.1, -0.05) is 356 Å².